The smallest absolute Gasteiger partial charge is 0.0765 e. The Bertz CT molecular complexity index is 152. The van der Waals surface area contributed by atoms with E-state index >= 15 is 0 Å². The molecule has 0 aromatic rings. The molecule has 0 aromatic carbocycles. The van der Waals surface area contributed by atoms with Gasteiger partial charge in [-0.25, -0.2) is 0 Å². The average molecular weight is 232 g/mol. The summed E-state index contributed by atoms with van der Waals surface area (Å²) in [4.78, 5) is 0. The lowest BCUT2D eigenvalue weighted by molar-refractivity contribution is -0.0726. The fraction of sp³-hybridized carbons (Fsp3) is 1.00. The van der Waals surface area contributed by atoms with E-state index < -0.39 is 0 Å². The van der Waals surface area contributed by atoms with Gasteiger partial charge in [0.05, 0.1) is 12.2 Å². The first-order chi connectivity index (χ1) is 7.01. The lowest BCUT2D eigenvalue weighted by Gasteiger charge is -2.36. The van der Waals surface area contributed by atoms with E-state index in [0.717, 1.165) is 25.2 Å². The van der Waals surface area contributed by atoms with E-state index in [-0.39, 0.29) is 5.60 Å². The van der Waals surface area contributed by atoms with Crippen molar-refractivity contribution in [1.29, 1.82) is 0 Å². The summed E-state index contributed by atoms with van der Waals surface area (Å²) in [5, 5.41) is 0. The van der Waals surface area contributed by atoms with Gasteiger partial charge in [-0.2, -0.15) is 12.6 Å². The molecule has 0 fully saturated rings. The first-order valence-electron chi connectivity index (χ1n) is 6.26. The highest BCUT2D eigenvalue weighted by Crippen LogP contribution is 2.30. The van der Waals surface area contributed by atoms with E-state index in [1.807, 2.05) is 0 Å². The predicted octanol–water partition coefficient (Wildman–Crippen LogP) is 4.32. The van der Waals surface area contributed by atoms with Crippen molar-refractivity contribution in [2.45, 2.75) is 65.9 Å². The molecule has 0 aliphatic carbocycles. The Morgan fingerprint density at radius 2 is 1.40 bits per heavy atom. The molecule has 0 aliphatic heterocycles. The summed E-state index contributed by atoms with van der Waals surface area (Å²) >= 11 is 4.42. The van der Waals surface area contributed by atoms with Crippen LogP contribution in [0.15, 0.2) is 0 Å². The van der Waals surface area contributed by atoms with Gasteiger partial charge in [-0.1, -0.05) is 34.6 Å². The van der Waals surface area contributed by atoms with Crippen LogP contribution in [0.4, 0.5) is 0 Å². The van der Waals surface area contributed by atoms with Gasteiger partial charge in [0.2, 0.25) is 0 Å². The van der Waals surface area contributed by atoms with Crippen LogP contribution in [0.1, 0.15) is 60.3 Å². The second-order valence-corrected chi connectivity index (χ2v) is 5.17. The van der Waals surface area contributed by atoms with Crippen molar-refractivity contribution >= 4 is 12.6 Å². The Kier molecular flexibility index (Phi) is 6.94. The van der Waals surface area contributed by atoms with Crippen molar-refractivity contribution in [3.05, 3.63) is 0 Å². The summed E-state index contributed by atoms with van der Waals surface area (Å²) in [7, 11) is 0. The number of ether oxygens (including phenoxy) is 1. The Hall–Kier alpha value is 0.310. The molecule has 0 aliphatic rings. The molecule has 0 amide bonds. The van der Waals surface area contributed by atoms with Gasteiger partial charge in [0.25, 0.3) is 0 Å². The molecule has 2 heteroatoms. The zero-order valence-electron chi connectivity index (χ0n) is 11.1. The van der Waals surface area contributed by atoms with Gasteiger partial charge < -0.3 is 4.74 Å². The standard InChI is InChI=1S/C13H28OS/c1-6-12(5,7-2)10-14-13(8-3,9-4)11-15/h15H,6-11H2,1-5H3. The van der Waals surface area contributed by atoms with Gasteiger partial charge >= 0.3 is 0 Å². The monoisotopic (exact) mass is 232 g/mol. The Morgan fingerprint density at radius 1 is 0.933 bits per heavy atom. The summed E-state index contributed by atoms with van der Waals surface area (Å²) in [6.45, 7) is 12.0. The van der Waals surface area contributed by atoms with Crippen LogP contribution in [0.25, 0.3) is 0 Å². The van der Waals surface area contributed by atoms with E-state index in [2.05, 4.69) is 47.2 Å². The third-order valence-corrected chi connectivity index (χ3v) is 4.59. The molecule has 1 nitrogen and oxygen atoms in total. The topological polar surface area (TPSA) is 9.23 Å². The lowest BCUT2D eigenvalue weighted by atomic mass is 9.85. The van der Waals surface area contributed by atoms with Crippen LogP contribution in [-0.2, 0) is 4.74 Å². The van der Waals surface area contributed by atoms with Gasteiger partial charge in [-0.15, -0.1) is 0 Å². The first-order valence-corrected chi connectivity index (χ1v) is 6.89. The molecule has 0 bridgehead atoms. The minimum atomic E-state index is -0.00525. The summed E-state index contributed by atoms with van der Waals surface area (Å²) in [5.41, 5.74) is 0.327. The number of hydrogen-bond donors (Lipinski definition) is 1. The molecule has 0 radical (unpaired) electrons. The third-order valence-electron chi connectivity index (χ3n) is 4.01. The van der Waals surface area contributed by atoms with Gasteiger partial charge in [-0.3, -0.25) is 0 Å². The van der Waals surface area contributed by atoms with Crippen LogP contribution in [0.3, 0.4) is 0 Å². The number of hydrogen-bond acceptors (Lipinski definition) is 2. The number of thiol groups is 1. The van der Waals surface area contributed by atoms with Gasteiger partial charge in [0.1, 0.15) is 0 Å². The highest BCUT2D eigenvalue weighted by atomic mass is 32.1. The number of rotatable bonds is 8. The van der Waals surface area contributed by atoms with Crippen LogP contribution < -0.4 is 0 Å². The van der Waals surface area contributed by atoms with E-state index in [0.29, 0.717) is 5.41 Å². The zero-order valence-corrected chi connectivity index (χ0v) is 12.0. The SMILES string of the molecule is CCC(C)(CC)COC(CC)(CC)CS. The quantitative estimate of drug-likeness (QED) is 0.613. The average Bonchev–Trinajstić information content (AvgIpc) is 2.31. The Labute approximate surface area is 101 Å². The van der Waals surface area contributed by atoms with E-state index in [4.69, 9.17) is 4.74 Å². The summed E-state index contributed by atoms with van der Waals surface area (Å²) in [5.74, 6) is 0.823. The van der Waals surface area contributed by atoms with E-state index in [1.54, 1.807) is 0 Å². The van der Waals surface area contributed by atoms with Gasteiger partial charge in [-0.05, 0) is 31.1 Å². The molecule has 92 valence electrons. The molecule has 0 heterocycles. The minimum absolute atomic E-state index is 0.00525. The third kappa shape index (κ3) is 4.36. The second-order valence-electron chi connectivity index (χ2n) is 4.85. The zero-order chi connectivity index (χ0) is 11.9. The van der Waals surface area contributed by atoms with Crippen LogP contribution in [-0.4, -0.2) is 18.0 Å². The fourth-order valence-corrected chi connectivity index (χ4v) is 2.04. The molecule has 15 heavy (non-hydrogen) atoms. The highest BCUT2D eigenvalue weighted by Gasteiger charge is 2.29. The van der Waals surface area contributed by atoms with Crippen LogP contribution in [0, 0.1) is 5.41 Å². The van der Waals surface area contributed by atoms with Crippen LogP contribution >= 0.6 is 12.6 Å². The molecular formula is C13H28OS. The van der Waals surface area contributed by atoms with Crippen molar-refractivity contribution in [1.82, 2.24) is 0 Å². The van der Waals surface area contributed by atoms with Crippen molar-refractivity contribution in [2.75, 3.05) is 12.4 Å². The Morgan fingerprint density at radius 3 is 1.67 bits per heavy atom. The highest BCUT2D eigenvalue weighted by molar-refractivity contribution is 7.80. The van der Waals surface area contributed by atoms with Crippen LogP contribution in [0.5, 0.6) is 0 Å². The molecule has 0 spiro atoms. The first kappa shape index (κ1) is 15.3. The summed E-state index contributed by atoms with van der Waals surface area (Å²) in [6.07, 6.45) is 4.46. The maximum atomic E-state index is 6.15. The fourth-order valence-electron chi connectivity index (χ4n) is 1.50. The minimum Gasteiger partial charge on any atom is -0.374 e. The van der Waals surface area contributed by atoms with Gasteiger partial charge in [0.15, 0.2) is 0 Å². The molecule has 0 aromatic heterocycles. The van der Waals surface area contributed by atoms with Crippen molar-refractivity contribution in [3.8, 4) is 0 Å². The molecule has 0 atom stereocenters. The maximum absolute atomic E-state index is 6.15. The molecule has 0 N–H and O–H groups in total. The molecular weight excluding hydrogens is 204 g/mol. The van der Waals surface area contributed by atoms with Crippen LogP contribution in [0.2, 0.25) is 0 Å². The molecule has 0 saturated carbocycles. The molecule has 0 unspecified atom stereocenters. The van der Waals surface area contributed by atoms with E-state index in [1.165, 1.54) is 12.8 Å². The van der Waals surface area contributed by atoms with Crippen molar-refractivity contribution < 1.29 is 4.74 Å². The predicted molar refractivity (Wildman–Crippen MR) is 71.8 cm³/mol. The Balaban J connectivity index is 4.32. The van der Waals surface area contributed by atoms with Crippen molar-refractivity contribution in [3.63, 3.8) is 0 Å². The summed E-state index contributed by atoms with van der Waals surface area (Å²) in [6, 6.07) is 0. The summed E-state index contributed by atoms with van der Waals surface area (Å²) < 4.78 is 6.15. The maximum Gasteiger partial charge on any atom is 0.0765 e. The largest absolute Gasteiger partial charge is 0.374 e. The van der Waals surface area contributed by atoms with E-state index in [9.17, 15) is 0 Å². The van der Waals surface area contributed by atoms with Crippen molar-refractivity contribution in [2.24, 2.45) is 5.41 Å². The molecule has 0 saturated heterocycles. The molecule has 0 rings (SSSR count). The van der Waals surface area contributed by atoms with Gasteiger partial charge in [0, 0.05) is 5.75 Å². The lowest BCUT2D eigenvalue weighted by Crippen LogP contribution is -2.37. The normalized spacial score (nSPS) is 13.2. The second kappa shape index (κ2) is 6.80.